The Morgan fingerprint density at radius 3 is 2.32 bits per heavy atom. The summed E-state index contributed by atoms with van der Waals surface area (Å²) in [5, 5.41) is 5.08. The summed E-state index contributed by atoms with van der Waals surface area (Å²) in [4.78, 5) is 12.6. The van der Waals surface area contributed by atoms with E-state index in [0.717, 1.165) is 12.8 Å². The average molecular weight is 402 g/mol. The molecule has 0 spiro atoms. The number of anilines is 2. The Morgan fingerprint density at radius 2 is 1.57 bits per heavy atom. The second-order valence-electron chi connectivity index (χ2n) is 6.92. The van der Waals surface area contributed by atoms with Gasteiger partial charge < -0.3 is 20.1 Å². The standard InChI is InChI=1S/C20H22N2O5S/c23-20(22-15-8-9-18-19(13-15)27-11-10-26-18)21-14-4-3-7-17(12-14)28(24,25)16-5-1-2-6-16/h3-4,7-9,12-13,16H,1-2,5-6,10-11H2,(H2,21,22,23). The van der Waals surface area contributed by atoms with Crippen LogP contribution >= 0.6 is 0 Å². The van der Waals surface area contributed by atoms with Gasteiger partial charge in [-0.3, -0.25) is 0 Å². The van der Waals surface area contributed by atoms with Gasteiger partial charge in [-0.1, -0.05) is 18.9 Å². The molecule has 2 aromatic carbocycles. The fraction of sp³-hybridized carbons (Fsp3) is 0.350. The van der Waals surface area contributed by atoms with Gasteiger partial charge in [0, 0.05) is 17.4 Å². The Hall–Kier alpha value is -2.74. The molecular formula is C20H22N2O5S. The minimum Gasteiger partial charge on any atom is -0.486 e. The van der Waals surface area contributed by atoms with Gasteiger partial charge in [0.1, 0.15) is 13.2 Å². The molecule has 1 heterocycles. The van der Waals surface area contributed by atoms with E-state index < -0.39 is 15.9 Å². The van der Waals surface area contributed by atoms with Crippen LogP contribution in [0.4, 0.5) is 16.2 Å². The van der Waals surface area contributed by atoms with Crippen molar-refractivity contribution in [2.75, 3.05) is 23.8 Å². The third-order valence-corrected chi connectivity index (χ3v) is 7.22. The monoisotopic (exact) mass is 402 g/mol. The summed E-state index contributed by atoms with van der Waals surface area (Å²) in [7, 11) is -3.37. The number of urea groups is 1. The lowest BCUT2D eigenvalue weighted by Gasteiger charge is -2.19. The number of rotatable bonds is 4. The molecule has 0 bridgehead atoms. The summed E-state index contributed by atoms with van der Waals surface area (Å²) in [5.41, 5.74) is 0.977. The molecule has 2 N–H and O–H groups in total. The minimum absolute atomic E-state index is 0.247. The van der Waals surface area contributed by atoms with Crippen molar-refractivity contribution in [3.05, 3.63) is 42.5 Å². The molecule has 0 saturated heterocycles. The Labute approximate surface area is 164 Å². The molecule has 0 radical (unpaired) electrons. The van der Waals surface area contributed by atoms with E-state index in [1.165, 1.54) is 6.07 Å². The van der Waals surface area contributed by atoms with Crippen LogP contribution in [0.3, 0.4) is 0 Å². The Balaban J connectivity index is 1.45. The summed E-state index contributed by atoms with van der Waals surface area (Å²) in [6, 6.07) is 11.1. The maximum absolute atomic E-state index is 12.7. The van der Waals surface area contributed by atoms with Crippen molar-refractivity contribution < 1.29 is 22.7 Å². The highest BCUT2D eigenvalue weighted by Crippen LogP contribution is 2.33. The number of ether oxygens (including phenoxy) is 2. The van der Waals surface area contributed by atoms with Gasteiger partial charge in [-0.2, -0.15) is 0 Å². The van der Waals surface area contributed by atoms with Crippen molar-refractivity contribution in [1.82, 2.24) is 0 Å². The fourth-order valence-electron chi connectivity index (χ4n) is 3.56. The number of fused-ring (bicyclic) bond motifs is 1. The molecule has 28 heavy (non-hydrogen) atoms. The summed E-state index contributed by atoms with van der Waals surface area (Å²) >= 11 is 0. The molecule has 0 unspecified atom stereocenters. The molecule has 7 nitrogen and oxygen atoms in total. The SMILES string of the molecule is O=C(Nc1cccc(S(=O)(=O)C2CCCC2)c1)Nc1ccc2c(c1)OCCO2. The van der Waals surface area contributed by atoms with Crippen LogP contribution in [-0.2, 0) is 9.84 Å². The molecule has 0 aromatic heterocycles. The van der Waals surface area contributed by atoms with Gasteiger partial charge >= 0.3 is 6.03 Å². The maximum Gasteiger partial charge on any atom is 0.323 e. The van der Waals surface area contributed by atoms with E-state index in [1.807, 2.05) is 0 Å². The highest BCUT2D eigenvalue weighted by atomic mass is 32.2. The molecule has 1 saturated carbocycles. The van der Waals surface area contributed by atoms with Gasteiger partial charge in [-0.15, -0.1) is 0 Å². The van der Waals surface area contributed by atoms with Crippen molar-refractivity contribution >= 4 is 27.2 Å². The zero-order chi connectivity index (χ0) is 19.6. The molecule has 0 atom stereocenters. The quantitative estimate of drug-likeness (QED) is 0.811. The van der Waals surface area contributed by atoms with Gasteiger partial charge in [-0.05, 0) is 43.2 Å². The summed E-state index contributed by atoms with van der Waals surface area (Å²) in [5.74, 6) is 1.22. The molecule has 1 aliphatic carbocycles. The molecule has 2 aromatic rings. The maximum atomic E-state index is 12.7. The molecule has 4 rings (SSSR count). The van der Waals surface area contributed by atoms with Gasteiger partial charge in [-0.25, -0.2) is 13.2 Å². The number of carbonyl (C=O) groups excluding carboxylic acids is 1. The normalized spacial score (nSPS) is 16.6. The number of hydrogen-bond acceptors (Lipinski definition) is 5. The Morgan fingerprint density at radius 1 is 0.893 bits per heavy atom. The van der Waals surface area contributed by atoms with E-state index in [1.54, 1.807) is 36.4 Å². The largest absolute Gasteiger partial charge is 0.486 e. The van der Waals surface area contributed by atoms with Crippen LogP contribution in [0.1, 0.15) is 25.7 Å². The van der Waals surface area contributed by atoms with E-state index in [-0.39, 0.29) is 10.1 Å². The van der Waals surface area contributed by atoms with Crippen LogP contribution in [0.25, 0.3) is 0 Å². The molecule has 8 heteroatoms. The second kappa shape index (κ2) is 7.71. The van der Waals surface area contributed by atoms with E-state index in [4.69, 9.17) is 9.47 Å². The number of nitrogens with one attached hydrogen (secondary N) is 2. The van der Waals surface area contributed by atoms with E-state index in [9.17, 15) is 13.2 Å². The van der Waals surface area contributed by atoms with Crippen molar-refractivity contribution in [1.29, 1.82) is 0 Å². The molecule has 148 valence electrons. The Bertz CT molecular complexity index is 984. The number of amides is 2. The van der Waals surface area contributed by atoms with Crippen LogP contribution in [0, 0.1) is 0 Å². The third-order valence-electron chi connectivity index (χ3n) is 4.96. The number of carbonyl (C=O) groups is 1. The van der Waals surface area contributed by atoms with Crippen LogP contribution in [-0.4, -0.2) is 32.9 Å². The lowest BCUT2D eigenvalue weighted by Crippen LogP contribution is -2.21. The predicted molar refractivity (Wildman–Crippen MR) is 106 cm³/mol. The van der Waals surface area contributed by atoms with Crippen molar-refractivity contribution in [2.24, 2.45) is 0 Å². The summed E-state index contributed by atoms with van der Waals surface area (Å²) < 4.78 is 36.5. The molecule has 1 aliphatic heterocycles. The molecule has 2 aliphatic rings. The highest BCUT2D eigenvalue weighted by molar-refractivity contribution is 7.92. The molecule has 2 amide bonds. The summed E-state index contributed by atoms with van der Waals surface area (Å²) in [6.07, 6.45) is 3.29. The first kappa shape index (κ1) is 18.6. The lowest BCUT2D eigenvalue weighted by atomic mass is 10.2. The highest BCUT2D eigenvalue weighted by Gasteiger charge is 2.30. The van der Waals surface area contributed by atoms with Crippen molar-refractivity contribution in [3.8, 4) is 11.5 Å². The Kier molecular flexibility index (Phi) is 5.13. The van der Waals surface area contributed by atoms with Gasteiger partial charge in [0.2, 0.25) is 0 Å². The fourth-order valence-corrected chi connectivity index (χ4v) is 5.45. The summed E-state index contributed by atoms with van der Waals surface area (Å²) in [6.45, 7) is 0.964. The smallest absolute Gasteiger partial charge is 0.323 e. The van der Waals surface area contributed by atoms with Gasteiger partial charge in [0.05, 0.1) is 10.1 Å². The van der Waals surface area contributed by atoms with Crippen molar-refractivity contribution in [3.63, 3.8) is 0 Å². The van der Waals surface area contributed by atoms with Crippen LogP contribution in [0.2, 0.25) is 0 Å². The minimum atomic E-state index is -3.37. The number of hydrogen-bond donors (Lipinski definition) is 2. The molecular weight excluding hydrogens is 380 g/mol. The molecule has 1 fully saturated rings. The zero-order valence-corrected chi connectivity index (χ0v) is 16.1. The van der Waals surface area contributed by atoms with Crippen LogP contribution in [0.5, 0.6) is 11.5 Å². The zero-order valence-electron chi connectivity index (χ0n) is 15.3. The first-order chi connectivity index (χ1) is 13.5. The van der Waals surface area contributed by atoms with E-state index in [2.05, 4.69) is 10.6 Å². The second-order valence-corrected chi connectivity index (χ2v) is 9.14. The predicted octanol–water partition coefficient (Wildman–Crippen LogP) is 3.82. The van der Waals surface area contributed by atoms with E-state index >= 15 is 0 Å². The van der Waals surface area contributed by atoms with E-state index in [0.29, 0.717) is 48.9 Å². The van der Waals surface area contributed by atoms with Gasteiger partial charge in [0.25, 0.3) is 0 Å². The lowest BCUT2D eigenvalue weighted by molar-refractivity contribution is 0.171. The van der Waals surface area contributed by atoms with Crippen LogP contribution < -0.4 is 20.1 Å². The number of sulfone groups is 1. The first-order valence-electron chi connectivity index (χ1n) is 9.34. The van der Waals surface area contributed by atoms with Gasteiger partial charge in [0.15, 0.2) is 21.3 Å². The first-order valence-corrected chi connectivity index (χ1v) is 10.9. The topological polar surface area (TPSA) is 93.7 Å². The number of benzene rings is 2. The van der Waals surface area contributed by atoms with Crippen molar-refractivity contribution in [2.45, 2.75) is 35.8 Å². The van der Waals surface area contributed by atoms with Crippen LogP contribution in [0.15, 0.2) is 47.4 Å². The average Bonchev–Trinajstić information content (AvgIpc) is 3.24. The third kappa shape index (κ3) is 3.91.